The van der Waals surface area contributed by atoms with Crippen LogP contribution in [0.3, 0.4) is 0 Å². The number of ether oxygens (including phenoxy) is 4. The quantitative estimate of drug-likeness (QED) is 0.0447. The molecule has 2 fully saturated rings. The first kappa shape index (κ1) is 40.6. The fourth-order valence-corrected chi connectivity index (χ4v) is 7.09. The van der Waals surface area contributed by atoms with Gasteiger partial charge in [-0.1, -0.05) is 76.6 Å². The van der Waals surface area contributed by atoms with E-state index in [0.29, 0.717) is 60.3 Å². The predicted octanol–water partition coefficient (Wildman–Crippen LogP) is 12.3. The fourth-order valence-electron chi connectivity index (χ4n) is 7.09. The normalized spacial score (nSPS) is 19.1. The Kier molecular flexibility index (Phi) is 15.4. The molecule has 2 saturated heterocycles. The molecule has 0 N–H and O–H groups in total. The largest absolute Gasteiger partial charge is 0.494 e. The Morgan fingerprint density at radius 2 is 0.946 bits per heavy atom. The molecule has 294 valence electrons. The molecule has 2 aliphatic heterocycles. The van der Waals surface area contributed by atoms with Gasteiger partial charge in [-0.2, -0.15) is 20.5 Å². The second kappa shape index (κ2) is 21.3. The van der Waals surface area contributed by atoms with Crippen molar-refractivity contribution >= 4 is 34.3 Å². The maximum atomic E-state index is 13.4. The van der Waals surface area contributed by atoms with Crippen molar-refractivity contribution in [2.45, 2.75) is 90.3 Å². The number of unbranched alkanes of at least 4 members (excludes halogenated alkanes) is 6. The lowest BCUT2D eigenvalue weighted by Crippen LogP contribution is -2.28. The predicted molar refractivity (Wildman–Crippen MR) is 218 cm³/mol. The lowest BCUT2D eigenvalue weighted by molar-refractivity contribution is 0.0575. The molecule has 2 aliphatic rings. The highest BCUT2D eigenvalue weighted by molar-refractivity contribution is 5.97. The molecule has 4 aromatic carbocycles. The number of benzene rings is 4. The van der Waals surface area contributed by atoms with Crippen LogP contribution in [0.5, 0.6) is 11.5 Å². The van der Waals surface area contributed by atoms with E-state index in [1.807, 2.05) is 72.8 Å². The molecule has 56 heavy (non-hydrogen) atoms. The van der Waals surface area contributed by atoms with E-state index in [1.165, 1.54) is 38.5 Å². The van der Waals surface area contributed by atoms with Crippen molar-refractivity contribution in [2.24, 2.45) is 32.3 Å². The summed E-state index contributed by atoms with van der Waals surface area (Å²) >= 11 is 0. The zero-order chi connectivity index (χ0) is 39.0. The van der Waals surface area contributed by atoms with Crippen molar-refractivity contribution in [3.8, 4) is 11.5 Å². The summed E-state index contributed by atoms with van der Waals surface area (Å²) in [4.78, 5) is 26.9. The van der Waals surface area contributed by atoms with Crippen LogP contribution in [0.2, 0.25) is 0 Å². The summed E-state index contributed by atoms with van der Waals surface area (Å²) in [6.45, 7) is 6.62. The maximum absolute atomic E-state index is 13.4. The van der Waals surface area contributed by atoms with Gasteiger partial charge in [0.1, 0.15) is 11.5 Å². The zero-order valence-electron chi connectivity index (χ0n) is 32.7. The smallest absolute Gasteiger partial charge is 0.163 e. The number of hydrogen-bond donors (Lipinski definition) is 0. The topological polar surface area (TPSA) is 120 Å². The Bertz CT molecular complexity index is 1770. The van der Waals surface area contributed by atoms with Crippen LogP contribution in [0.25, 0.3) is 0 Å². The van der Waals surface area contributed by atoms with E-state index >= 15 is 0 Å². The second-order valence-corrected chi connectivity index (χ2v) is 14.7. The van der Waals surface area contributed by atoms with Gasteiger partial charge < -0.3 is 18.9 Å². The fraction of sp³-hybridized carbons (Fsp3) is 0.435. The molecule has 0 bridgehead atoms. The van der Waals surface area contributed by atoms with E-state index in [4.69, 9.17) is 18.9 Å². The van der Waals surface area contributed by atoms with Gasteiger partial charge in [0.2, 0.25) is 0 Å². The van der Waals surface area contributed by atoms with E-state index in [9.17, 15) is 9.59 Å². The van der Waals surface area contributed by atoms with Crippen LogP contribution in [-0.4, -0.2) is 50.2 Å². The molecular weight excluding hydrogens is 705 g/mol. The Morgan fingerprint density at radius 3 is 1.36 bits per heavy atom. The molecule has 0 unspecified atom stereocenters. The van der Waals surface area contributed by atoms with E-state index in [1.54, 1.807) is 24.3 Å². The van der Waals surface area contributed by atoms with E-state index in [2.05, 4.69) is 34.3 Å². The van der Waals surface area contributed by atoms with Gasteiger partial charge in [0.15, 0.2) is 11.6 Å². The third-order valence-corrected chi connectivity index (χ3v) is 10.3. The minimum atomic E-state index is -0.235. The number of carbonyl (C=O) groups is 2. The van der Waals surface area contributed by atoms with Crippen molar-refractivity contribution in [1.29, 1.82) is 0 Å². The molecule has 0 aromatic heterocycles. The summed E-state index contributed by atoms with van der Waals surface area (Å²) in [5.74, 6) is 1.43. The number of azo groups is 2. The lowest BCUT2D eigenvalue weighted by atomic mass is 9.88. The Balaban J connectivity index is 0.960. The molecule has 4 aromatic rings. The van der Waals surface area contributed by atoms with Crippen LogP contribution in [-0.2, 0) is 9.47 Å². The Labute approximate surface area is 330 Å². The van der Waals surface area contributed by atoms with Crippen molar-refractivity contribution in [1.82, 2.24) is 0 Å². The Hall–Kier alpha value is -5.06. The van der Waals surface area contributed by atoms with E-state index in [0.717, 1.165) is 24.3 Å². The molecule has 0 spiro atoms. The third-order valence-electron chi connectivity index (χ3n) is 10.3. The van der Waals surface area contributed by atoms with Crippen LogP contribution >= 0.6 is 0 Å². The van der Waals surface area contributed by atoms with Crippen LogP contribution in [0, 0.1) is 11.8 Å². The number of nitrogens with zero attached hydrogens (tertiary/aromatic N) is 4. The molecule has 4 atom stereocenters. The number of Topliss-reactive ketones (excluding diaryl/α,β-unsaturated/α-hetero) is 2. The van der Waals surface area contributed by atoms with Crippen LogP contribution < -0.4 is 9.47 Å². The van der Waals surface area contributed by atoms with Gasteiger partial charge in [-0.05, 0) is 85.6 Å². The second-order valence-electron chi connectivity index (χ2n) is 14.7. The van der Waals surface area contributed by atoms with Crippen molar-refractivity contribution in [3.63, 3.8) is 0 Å². The van der Waals surface area contributed by atoms with Gasteiger partial charge in [0.05, 0.1) is 61.4 Å². The van der Waals surface area contributed by atoms with Crippen molar-refractivity contribution in [2.75, 3.05) is 26.4 Å². The molecule has 0 saturated carbocycles. The molecule has 10 nitrogen and oxygen atoms in total. The molecule has 10 heteroatoms. The molecule has 6 rings (SSSR count). The third kappa shape index (κ3) is 12.0. The summed E-state index contributed by atoms with van der Waals surface area (Å²) in [6, 6.07) is 29.5. The minimum Gasteiger partial charge on any atom is -0.494 e. The molecule has 0 aliphatic carbocycles. The highest BCUT2D eigenvalue weighted by Gasteiger charge is 2.48. The first-order chi connectivity index (χ1) is 27.5. The van der Waals surface area contributed by atoms with Crippen LogP contribution in [0.4, 0.5) is 22.7 Å². The number of fused-ring (bicyclic) bond motifs is 1. The lowest BCUT2D eigenvalue weighted by Gasteiger charge is -2.16. The molecular formula is C46H54N4O6. The van der Waals surface area contributed by atoms with Crippen LogP contribution in [0.1, 0.15) is 98.8 Å². The average molecular weight is 759 g/mol. The Morgan fingerprint density at radius 1 is 0.536 bits per heavy atom. The monoisotopic (exact) mass is 758 g/mol. The zero-order valence-corrected chi connectivity index (χ0v) is 32.7. The van der Waals surface area contributed by atoms with Gasteiger partial charge in [-0.3, -0.25) is 9.59 Å². The van der Waals surface area contributed by atoms with Gasteiger partial charge in [-0.25, -0.2) is 0 Å². The highest BCUT2D eigenvalue weighted by Crippen LogP contribution is 2.39. The number of ketones is 2. The van der Waals surface area contributed by atoms with Crippen LogP contribution in [0.15, 0.2) is 118 Å². The summed E-state index contributed by atoms with van der Waals surface area (Å²) in [7, 11) is 0. The first-order valence-corrected chi connectivity index (χ1v) is 20.3. The number of hydrogen-bond acceptors (Lipinski definition) is 10. The van der Waals surface area contributed by atoms with Gasteiger partial charge in [0, 0.05) is 35.8 Å². The molecule has 0 amide bonds. The molecule has 2 heterocycles. The van der Waals surface area contributed by atoms with Crippen molar-refractivity contribution < 1.29 is 28.5 Å². The first-order valence-electron chi connectivity index (χ1n) is 20.3. The highest BCUT2D eigenvalue weighted by atomic mass is 16.6. The number of rotatable bonds is 22. The molecule has 0 radical (unpaired) electrons. The van der Waals surface area contributed by atoms with E-state index < -0.39 is 0 Å². The summed E-state index contributed by atoms with van der Waals surface area (Å²) < 4.78 is 24.0. The summed E-state index contributed by atoms with van der Waals surface area (Å²) in [5, 5.41) is 17.5. The van der Waals surface area contributed by atoms with Gasteiger partial charge >= 0.3 is 0 Å². The number of carbonyl (C=O) groups excluding carboxylic acids is 2. The summed E-state index contributed by atoms with van der Waals surface area (Å²) in [6.07, 6.45) is 9.40. The van der Waals surface area contributed by atoms with E-state index in [-0.39, 0.29) is 48.5 Å². The SMILES string of the molecule is CCCCCCOc1ccc(N=Nc2cccc(C(=O)C[C@H]3CO[C@@H]4[C@H](CC(=O)c5cccc(N=Nc6ccc(OCCCCCC)cc6)c5)CO[C@H]34)c2)cc1. The van der Waals surface area contributed by atoms with Gasteiger partial charge in [0.25, 0.3) is 0 Å². The average Bonchev–Trinajstić information content (AvgIpc) is 3.82. The van der Waals surface area contributed by atoms with Crippen molar-refractivity contribution in [3.05, 3.63) is 108 Å². The van der Waals surface area contributed by atoms with Gasteiger partial charge in [-0.15, -0.1) is 0 Å². The minimum absolute atomic E-state index is 0.00655. The standard InChI is InChI=1S/C46H54N4O6/c1-3-5-7-9-25-53-41-21-17-37(18-22-41)47-49-39-15-11-13-33(27-39)43(51)29-35-31-55-46-36(32-56-45(35)46)30-44(52)34-14-12-16-40(28-34)50-48-38-19-23-42(24-20-38)54-26-10-8-6-4-2/h11-24,27-28,35-36,45-46H,3-10,25-26,29-32H2,1-2H3/t35-,36+,45-,46-/m1/s1. The summed E-state index contributed by atoms with van der Waals surface area (Å²) in [5.41, 5.74) is 3.74. The maximum Gasteiger partial charge on any atom is 0.163 e.